The van der Waals surface area contributed by atoms with E-state index in [0.29, 0.717) is 31.9 Å². The number of anilines is 2. The Labute approximate surface area is 159 Å². The van der Waals surface area contributed by atoms with E-state index in [1.807, 2.05) is 49.4 Å². The Kier molecular flexibility index (Phi) is 6.30. The summed E-state index contributed by atoms with van der Waals surface area (Å²) in [5, 5.41) is 2.88. The number of unbranched alkanes of at least 4 members (excludes halogenated alkanes) is 1. The molecule has 0 bridgehead atoms. The summed E-state index contributed by atoms with van der Waals surface area (Å²) in [4.78, 5) is 25.3. The van der Waals surface area contributed by atoms with Crippen LogP contribution in [-0.4, -0.2) is 31.8 Å². The molecule has 1 saturated heterocycles. The molecule has 2 aromatic rings. The number of amides is 2. The molecule has 0 radical (unpaired) electrons. The van der Waals surface area contributed by atoms with Gasteiger partial charge in [-0.05, 0) is 55.7 Å². The number of cyclic esters (lactones) is 1. The molecule has 0 saturated carbocycles. The quantitative estimate of drug-likeness (QED) is 0.711. The normalized spacial score (nSPS) is 13.4. The number of hydrogen-bond acceptors (Lipinski definition) is 4. The van der Waals surface area contributed by atoms with Crippen LogP contribution in [0.4, 0.5) is 16.2 Å². The Hall–Kier alpha value is -3.02. The van der Waals surface area contributed by atoms with Crippen LogP contribution >= 0.6 is 0 Å². The number of hydrogen-bond donors (Lipinski definition) is 1. The van der Waals surface area contributed by atoms with Crippen LogP contribution < -0.4 is 15.0 Å². The van der Waals surface area contributed by atoms with Crippen molar-refractivity contribution in [2.24, 2.45) is 0 Å². The zero-order valence-corrected chi connectivity index (χ0v) is 15.4. The average molecular weight is 368 g/mol. The molecule has 0 spiro atoms. The lowest BCUT2D eigenvalue weighted by Gasteiger charge is -2.14. The summed E-state index contributed by atoms with van der Waals surface area (Å²) in [5.74, 6) is 0.809. The van der Waals surface area contributed by atoms with Crippen molar-refractivity contribution in [3.63, 3.8) is 0 Å². The van der Waals surface area contributed by atoms with E-state index in [-0.39, 0.29) is 12.0 Å². The van der Waals surface area contributed by atoms with Crippen molar-refractivity contribution in [2.75, 3.05) is 30.0 Å². The highest BCUT2D eigenvalue weighted by Crippen LogP contribution is 2.22. The van der Waals surface area contributed by atoms with Gasteiger partial charge in [-0.15, -0.1) is 0 Å². The summed E-state index contributed by atoms with van der Waals surface area (Å²) < 4.78 is 10.6. The van der Waals surface area contributed by atoms with E-state index in [1.54, 1.807) is 11.0 Å². The van der Waals surface area contributed by atoms with Gasteiger partial charge in [-0.1, -0.05) is 18.2 Å². The summed E-state index contributed by atoms with van der Waals surface area (Å²) >= 11 is 0. The Morgan fingerprint density at radius 1 is 1.19 bits per heavy atom. The fraction of sp³-hybridized carbons (Fsp3) is 0.333. The number of benzene rings is 2. The van der Waals surface area contributed by atoms with Gasteiger partial charge < -0.3 is 14.8 Å². The molecular weight excluding hydrogens is 344 g/mol. The van der Waals surface area contributed by atoms with Crippen molar-refractivity contribution in [3.05, 3.63) is 54.1 Å². The Balaban J connectivity index is 1.40. The zero-order valence-electron chi connectivity index (χ0n) is 15.4. The maximum Gasteiger partial charge on any atom is 0.414 e. The minimum atomic E-state index is -0.355. The Morgan fingerprint density at radius 2 is 2.04 bits per heavy atom. The maximum absolute atomic E-state index is 12.1. The number of nitrogens with one attached hydrogen (secondary N) is 1. The van der Waals surface area contributed by atoms with Crippen molar-refractivity contribution >= 4 is 23.4 Å². The highest BCUT2D eigenvalue weighted by Gasteiger charge is 2.23. The third-order valence-corrected chi connectivity index (χ3v) is 4.26. The fourth-order valence-corrected chi connectivity index (χ4v) is 2.89. The number of aryl methyl sites for hydroxylation is 1. The standard InChI is InChI=1S/C21H24N2O4/c1-16-6-4-9-19(14-16)26-12-3-2-10-20(24)22-17-7-5-8-18(15-17)23-11-13-27-21(23)25/h4-9,14-15H,2-3,10-13H2,1H3,(H,22,24). The first kappa shape index (κ1) is 18.8. The van der Waals surface area contributed by atoms with E-state index in [0.717, 1.165) is 29.8 Å². The third kappa shape index (κ3) is 5.48. The van der Waals surface area contributed by atoms with Crippen LogP contribution in [0.1, 0.15) is 24.8 Å². The van der Waals surface area contributed by atoms with E-state index in [2.05, 4.69) is 5.32 Å². The lowest BCUT2D eigenvalue weighted by molar-refractivity contribution is -0.116. The number of carbonyl (C=O) groups is 2. The number of rotatable bonds is 8. The molecule has 1 heterocycles. The van der Waals surface area contributed by atoms with Gasteiger partial charge in [0.2, 0.25) is 5.91 Å². The monoisotopic (exact) mass is 368 g/mol. The molecule has 1 aliphatic rings. The summed E-state index contributed by atoms with van der Waals surface area (Å²) in [5.41, 5.74) is 2.56. The second-order valence-electron chi connectivity index (χ2n) is 6.49. The molecule has 1 N–H and O–H groups in total. The second kappa shape index (κ2) is 9.07. The van der Waals surface area contributed by atoms with Crippen LogP contribution in [-0.2, 0) is 9.53 Å². The number of carbonyl (C=O) groups excluding carboxylic acids is 2. The van der Waals surface area contributed by atoms with E-state index < -0.39 is 0 Å². The van der Waals surface area contributed by atoms with Crippen LogP contribution in [0.5, 0.6) is 5.75 Å². The van der Waals surface area contributed by atoms with Crippen LogP contribution in [0.15, 0.2) is 48.5 Å². The van der Waals surface area contributed by atoms with Gasteiger partial charge in [0.15, 0.2) is 0 Å². The lowest BCUT2D eigenvalue weighted by atomic mass is 10.2. The molecule has 0 aromatic heterocycles. The zero-order chi connectivity index (χ0) is 19.1. The first-order chi connectivity index (χ1) is 13.1. The maximum atomic E-state index is 12.1. The van der Waals surface area contributed by atoms with Crippen LogP contribution in [0.2, 0.25) is 0 Å². The Morgan fingerprint density at radius 3 is 2.81 bits per heavy atom. The predicted molar refractivity (Wildman–Crippen MR) is 104 cm³/mol. The van der Waals surface area contributed by atoms with E-state index in [4.69, 9.17) is 9.47 Å². The van der Waals surface area contributed by atoms with Crippen molar-refractivity contribution in [2.45, 2.75) is 26.2 Å². The van der Waals surface area contributed by atoms with Crippen molar-refractivity contribution in [3.8, 4) is 5.75 Å². The molecule has 142 valence electrons. The van der Waals surface area contributed by atoms with Gasteiger partial charge in [0.05, 0.1) is 13.2 Å². The van der Waals surface area contributed by atoms with Gasteiger partial charge in [0, 0.05) is 17.8 Å². The molecule has 2 amide bonds. The lowest BCUT2D eigenvalue weighted by Crippen LogP contribution is -2.23. The third-order valence-electron chi connectivity index (χ3n) is 4.26. The van der Waals surface area contributed by atoms with Gasteiger partial charge in [-0.25, -0.2) is 4.79 Å². The second-order valence-corrected chi connectivity index (χ2v) is 6.49. The molecule has 1 fully saturated rings. The van der Waals surface area contributed by atoms with E-state index in [1.165, 1.54) is 0 Å². The molecule has 6 heteroatoms. The van der Waals surface area contributed by atoms with Crippen molar-refractivity contribution < 1.29 is 19.1 Å². The molecule has 0 aliphatic carbocycles. The molecule has 3 rings (SSSR count). The van der Waals surface area contributed by atoms with Gasteiger partial charge in [-0.3, -0.25) is 9.69 Å². The van der Waals surface area contributed by atoms with E-state index in [9.17, 15) is 9.59 Å². The van der Waals surface area contributed by atoms with E-state index >= 15 is 0 Å². The van der Waals surface area contributed by atoms with Crippen molar-refractivity contribution in [1.29, 1.82) is 0 Å². The Bertz CT molecular complexity index is 806. The van der Waals surface area contributed by atoms with Gasteiger partial charge in [-0.2, -0.15) is 0 Å². The SMILES string of the molecule is Cc1cccc(OCCCCC(=O)Nc2cccc(N3CCOC3=O)c2)c1. The molecule has 6 nitrogen and oxygen atoms in total. The smallest absolute Gasteiger partial charge is 0.414 e. The summed E-state index contributed by atoms with van der Waals surface area (Å²) in [6.07, 6.45) is 1.62. The first-order valence-corrected chi connectivity index (χ1v) is 9.15. The molecule has 0 atom stereocenters. The first-order valence-electron chi connectivity index (χ1n) is 9.15. The predicted octanol–water partition coefficient (Wildman–Crippen LogP) is 4.14. The minimum absolute atomic E-state index is 0.0493. The van der Waals surface area contributed by atoms with Crippen LogP contribution in [0.3, 0.4) is 0 Å². The highest BCUT2D eigenvalue weighted by atomic mass is 16.6. The van der Waals surface area contributed by atoms with Gasteiger partial charge in [0.1, 0.15) is 12.4 Å². The van der Waals surface area contributed by atoms with Crippen molar-refractivity contribution in [1.82, 2.24) is 0 Å². The molecule has 0 unspecified atom stereocenters. The topological polar surface area (TPSA) is 67.9 Å². The largest absolute Gasteiger partial charge is 0.494 e. The molecule has 1 aliphatic heterocycles. The molecule has 2 aromatic carbocycles. The van der Waals surface area contributed by atoms with Crippen LogP contribution in [0, 0.1) is 6.92 Å². The summed E-state index contributed by atoms with van der Waals surface area (Å²) in [7, 11) is 0. The van der Waals surface area contributed by atoms with Gasteiger partial charge >= 0.3 is 6.09 Å². The molecular formula is C21H24N2O4. The van der Waals surface area contributed by atoms with Crippen LogP contribution in [0.25, 0.3) is 0 Å². The highest BCUT2D eigenvalue weighted by molar-refractivity contribution is 5.93. The summed E-state index contributed by atoms with van der Waals surface area (Å²) in [6.45, 7) is 3.53. The molecule has 27 heavy (non-hydrogen) atoms. The average Bonchev–Trinajstić information content (AvgIpc) is 3.08. The number of nitrogens with zero attached hydrogens (tertiary/aromatic N) is 1. The number of ether oxygens (including phenoxy) is 2. The minimum Gasteiger partial charge on any atom is -0.494 e. The summed E-state index contributed by atoms with van der Waals surface area (Å²) in [6, 6.07) is 15.2. The van der Waals surface area contributed by atoms with Gasteiger partial charge in [0.25, 0.3) is 0 Å². The fourth-order valence-electron chi connectivity index (χ4n) is 2.89.